The summed E-state index contributed by atoms with van der Waals surface area (Å²) in [6, 6.07) is 9.32. The van der Waals surface area contributed by atoms with Crippen LogP contribution in [0.25, 0.3) is 22.4 Å². The summed E-state index contributed by atoms with van der Waals surface area (Å²) in [7, 11) is 0. The van der Waals surface area contributed by atoms with Gasteiger partial charge in [-0.05, 0) is 49.0 Å². The molecular formula is C16H11Cl2N3S. The van der Waals surface area contributed by atoms with Crippen LogP contribution in [0.5, 0.6) is 0 Å². The Bertz CT molecular complexity index is 892. The van der Waals surface area contributed by atoms with Crippen LogP contribution < -0.4 is 0 Å². The SMILES string of the molecule is Cc1[nH]c(=S)nc(-c2ccncc2)c1-c1ccc(Cl)c(Cl)c1. The average molecular weight is 348 g/mol. The van der Waals surface area contributed by atoms with Crippen LogP contribution in [0.15, 0.2) is 42.7 Å². The molecule has 0 amide bonds. The fourth-order valence-electron chi connectivity index (χ4n) is 2.31. The molecule has 0 aliphatic carbocycles. The second kappa shape index (κ2) is 6.16. The minimum atomic E-state index is 0.438. The number of rotatable bonds is 2. The molecule has 2 aromatic heterocycles. The van der Waals surface area contributed by atoms with E-state index in [4.69, 9.17) is 35.4 Å². The number of nitrogens with one attached hydrogen (secondary N) is 1. The highest BCUT2D eigenvalue weighted by Crippen LogP contribution is 2.35. The summed E-state index contributed by atoms with van der Waals surface area (Å²) >= 11 is 17.4. The van der Waals surface area contributed by atoms with E-state index in [1.54, 1.807) is 18.5 Å². The lowest BCUT2D eigenvalue weighted by Gasteiger charge is -2.13. The average Bonchev–Trinajstić information content (AvgIpc) is 2.50. The molecule has 3 nitrogen and oxygen atoms in total. The number of H-pyrrole nitrogens is 1. The molecule has 0 fully saturated rings. The van der Waals surface area contributed by atoms with Crippen molar-refractivity contribution >= 4 is 35.4 Å². The van der Waals surface area contributed by atoms with Crippen molar-refractivity contribution in [3.63, 3.8) is 0 Å². The van der Waals surface area contributed by atoms with Crippen LogP contribution >= 0.6 is 35.4 Å². The third kappa shape index (κ3) is 2.90. The summed E-state index contributed by atoms with van der Waals surface area (Å²) < 4.78 is 0.438. The van der Waals surface area contributed by atoms with Gasteiger partial charge >= 0.3 is 0 Å². The molecule has 22 heavy (non-hydrogen) atoms. The molecule has 3 rings (SSSR count). The maximum Gasteiger partial charge on any atom is 0.197 e. The maximum absolute atomic E-state index is 6.15. The number of aryl methyl sites for hydroxylation is 1. The molecule has 0 aliphatic rings. The van der Waals surface area contributed by atoms with E-state index < -0.39 is 0 Å². The molecule has 0 atom stereocenters. The van der Waals surface area contributed by atoms with Gasteiger partial charge in [0.1, 0.15) is 0 Å². The molecule has 0 saturated heterocycles. The fraction of sp³-hybridized carbons (Fsp3) is 0.0625. The van der Waals surface area contributed by atoms with Crippen molar-refractivity contribution in [1.29, 1.82) is 0 Å². The van der Waals surface area contributed by atoms with Crippen molar-refractivity contribution < 1.29 is 0 Å². The van der Waals surface area contributed by atoms with Crippen LogP contribution in [0.4, 0.5) is 0 Å². The number of hydrogen-bond donors (Lipinski definition) is 1. The lowest BCUT2D eigenvalue weighted by atomic mass is 9.98. The van der Waals surface area contributed by atoms with Crippen LogP contribution in [-0.2, 0) is 0 Å². The summed E-state index contributed by atoms with van der Waals surface area (Å²) in [6.45, 7) is 1.96. The van der Waals surface area contributed by atoms with Gasteiger partial charge in [0.25, 0.3) is 0 Å². The van der Waals surface area contributed by atoms with Gasteiger partial charge in [-0.15, -0.1) is 0 Å². The van der Waals surface area contributed by atoms with Gasteiger partial charge < -0.3 is 4.98 Å². The van der Waals surface area contributed by atoms with E-state index in [-0.39, 0.29) is 0 Å². The minimum Gasteiger partial charge on any atom is -0.334 e. The highest BCUT2D eigenvalue weighted by molar-refractivity contribution is 7.71. The highest BCUT2D eigenvalue weighted by atomic mass is 35.5. The van der Waals surface area contributed by atoms with Crippen LogP contribution in [0, 0.1) is 11.7 Å². The van der Waals surface area contributed by atoms with E-state index in [2.05, 4.69) is 15.0 Å². The minimum absolute atomic E-state index is 0.438. The predicted molar refractivity (Wildman–Crippen MR) is 92.8 cm³/mol. The third-order valence-electron chi connectivity index (χ3n) is 3.28. The van der Waals surface area contributed by atoms with Crippen LogP contribution in [-0.4, -0.2) is 15.0 Å². The summed E-state index contributed by atoms with van der Waals surface area (Å²) in [4.78, 5) is 11.6. The summed E-state index contributed by atoms with van der Waals surface area (Å²) in [5.74, 6) is 0. The number of halogens is 2. The van der Waals surface area contributed by atoms with Gasteiger partial charge in [-0.1, -0.05) is 29.3 Å². The Hall–Kier alpha value is -1.75. The first-order valence-corrected chi connectivity index (χ1v) is 7.69. The molecule has 1 N–H and O–H groups in total. The molecule has 3 aromatic rings. The van der Waals surface area contributed by atoms with Crippen LogP contribution in [0.2, 0.25) is 10.0 Å². The summed E-state index contributed by atoms with van der Waals surface area (Å²) in [6.07, 6.45) is 3.45. The Kier molecular flexibility index (Phi) is 4.25. The second-order valence-electron chi connectivity index (χ2n) is 4.76. The number of nitrogens with zero attached hydrogens (tertiary/aromatic N) is 2. The van der Waals surface area contributed by atoms with Gasteiger partial charge in [0.2, 0.25) is 0 Å². The van der Waals surface area contributed by atoms with E-state index in [1.807, 2.05) is 31.2 Å². The van der Waals surface area contributed by atoms with Gasteiger partial charge in [0.15, 0.2) is 4.77 Å². The lowest BCUT2D eigenvalue weighted by molar-refractivity contribution is 1.08. The first-order valence-electron chi connectivity index (χ1n) is 6.53. The first kappa shape index (κ1) is 15.2. The normalized spacial score (nSPS) is 10.7. The van der Waals surface area contributed by atoms with Crippen molar-refractivity contribution in [2.45, 2.75) is 6.92 Å². The van der Waals surface area contributed by atoms with Crippen molar-refractivity contribution in [3.05, 3.63) is 63.2 Å². The smallest absolute Gasteiger partial charge is 0.197 e. The largest absolute Gasteiger partial charge is 0.334 e. The molecule has 2 heterocycles. The Labute approximate surface area is 143 Å². The number of hydrogen-bond acceptors (Lipinski definition) is 3. The Morgan fingerprint density at radius 2 is 1.73 bits per heavy atom. The van der Waals surface area contributed by atoms with Crippen molar-refractivity contribution in [2.24, 2.45) is 0 Å². The van der Waals surface area contributed by atoms with E-state index in [0.717, 1.165) is 28.1 Å². The van der Waals surface area contributed by atoms with Crippen molar-refractivity contribution in [2.75, 3.05) is 0 Å². The van der Waals surface area contributed by atoms with Gasteiger partial charge in [-0.25, -0.2) is 4.98 Å². The molecular weight excluding hydrogens is 337 g/mol. The Morgan fingerprint density at radius 1 is 1.00 bits per heavy atom. The first-order chi connectivity index (χ1) is 10.6. The maximum atomic E-state index is 6.15. The third-order valence-corrected chi connectivity index (χ3v) is 4.21. The summed E-state index contributed by atoms with van der Waals surface area (Å²) in [5.41, 5.74) is 4.53. The molecule has 0 saturated carbocycles. The molecule has 0 unspecified atom stereocenters. The van der Waals surface area contributed by atoms with Crippen LogP contribution in [0.3, 0.4) is 0 Å². The molecule has 0 bridgehead atoms. The summed E-state index contributed by atoms with van der Waals surface area (Å²) in [5, 5.41) is 1.02. The number of benzene rings is 1. The number of aromatic amines is 1. The standard InChI is InChI=1S/C16H11Cl2N3S/c1-9-14(11-2-3-12(17)13(18)8-11)15(21-16(22)20-9)10-4-6-19-7-5-10/h2-8H,1H3,(H,20,21,22). The predicted octanol–water partition coefficient (Wildman–Crippen LogP) is 5.48. The number of aromatic nitrogens is 3. The quantitative estimate of drug-likeness (QED) is 0.623. The monoisotopic (exact) mass is 347 g/mol. The van der Waals surface area contributed by atoms with Crippen molar-refractivity contribution in [1.82, 2.24) is 15.0 Å². The van der Waals surface area contributed by atoms with Gasteiger partial charge in [0, 0.05) is 29.2 Å². The van der Waals surface area contributed by atoms with E-state index in [9.17, 15) is 0 Å². The highest BCUT2D eigenvalue weighted by Gasteiger charge is 2.14. The molecule has 0 spiro atoms. The zero-order valence-corrected chi connectivity index (χ0v) is 13.9. The van der Waals surface area contributed by atoms with Gasteiger partial charge in [-0.2, -0.15) is 0 Å². The van der Waals surface area contributed by atoms with Crippen LogP contribution in [0.1, 0.15) is 5.69 Å². The Morgan fingerprint density at radius 3 is 2.41 bits per heavy atom. The second-order valence-corrected chi connectivity index (χ2v) is 5.96. The zero-order valence-electron chi connectivity index (χ0n) is 11.6. The van der Waals surface area contributed by atoms with E-state index in [1.165, 1.54) is 0 Å². The Balaban J connectivity index is 2.31. The zero-order chi connectivity index (χ0) is 15.7. The lowest BCUT2D eigenvalue weighted by Crippen LogP contribution is -1.97. The van der Waals surface area contributed by atoms with Crippen molar-refractivity contribution in [3.8, 4) is 22.4 Å². The van der Waals surface area contributed by atoms with Gasteiger partial charge in [0.05, 0.1) is 15.7 Å². The molecule has 110 valence electrons. The number of pyridine rings is 1. The van der Waals surface area contributed by atoms with Gasteiger partial charge in [-0.3, -0.25) is 4.98 Å². The van der Waals surface area contributed by atoms with E-state index in [0.29, 0.717) is 14.8 Å². The molecule has 0 aliphatic heterocycles. The fourth-order valence-corrected chi connectivity index (χ4v) is 2.85. The topological polar surface area (TPSA) is 41.6 Å². The molecule has 0 radical (unpaired) electrons. The molecule has 1 aromatic carbocycles. The molecule has 6 heteroatoms. The van der Waals surface area contributed by atoms with E-state index >= 15 is 0 Å².